The summed E-state index contributed by atoms with van der Waals surface area (Å²) in [6, 6.07) is 11.6. The summed E-state index contributed by atoms with van der Waals surface area (Å²) < 4.78 is 27.0. The van der Waals surface area contributed by atoms with Crippen LogP contribution >= 0.6 is 0 Å². The van der Waals surface area contributed by atoms with Gasteiger partial charge in [-0.05, 0) is 93.7 Å². The van der Waals surface area contributed by atoms with Crippen molar-refractivity contribution in [3.05, 3.63) is 59.2 Å². The number of anilines is 2. The molecule has 4 heteroatoms. The highest BCUT2D eigenvalue weighted by Crippen LogP contribution is 2.27. The highest BCUT2D eigenvalue weighted by Gasteiger charge is 2.19. The van der Waals surface area contributed by atoms with Crippen molar-refractivity contribution in [2.75, 3.05) is 10.6 Å². The van der Waals surface area contributed by atoms with Gasteiger partial charge in [-0.2, -0.15) is 0 Å². The van der Waals surface area contributed by atoms with E-state index in [1.54, 1.807) is 12.1 Å². The largest absolute Gasteiger partial charge is 0.382 e. The van der Waals surface area contributed by atoms with Gasteiger partial charge in [0, 0.05) is 17.8 Å². The molecule has 0 saturated heterocycles. The van der Waals surface area contributed by atoms with Gasteiger partial charge in [0.1, 0.15) is 11.6 Å². The van der Waals surface area contributed by atoms with Gasteiger partial charge in [-0.1, -0.05) is 73.4 Å². The first-order chi connectivity index (χ1) is 17.3. The van der Waals surface area contributed by atoms with Gasteiger partial charge in [0.15, 0.2) is 0 Å². The third-order valence-electron chi connectivity index (χ3n) is 6.25. The Kier molecular flexibility index (Phi) is 18.8. The van der Waals surface area contributed by atoms with Crippen LogP contribution in [0, 0.1) is 31.4 Å². The van der Waals surface area contributed by atoms with Gasteiger partial charge in [0.05, 0.1) is 5.69 Å². The molecule has 2 aromatic rings. The van der Waals surface area contributed by atoms with Crippen LogP contribution in [-0.4, -0.2) is 12.1 Å². The third kappa shape index (κ3) is 13.3. The van der Waals surface area contributed by atoms with E-state index in [-0.39, 0.29) is 11.6 Å². The van der Waals surface area contributed by atoms with Crippen LogP contribution in [0.1, 0.15) is 111 Å². The van der Waals surface area contributed by atoms with Crippen molar-refractivity contribution >= 4 is 11.4 Å². The van der Waals surface area contributed by atoms with E-state index in [0.717, 1.165) is 55.7 Å². The maximum atomic E-state index is 13.8. The molecule has 206 valence electrons. The SMILES string of the molecule is CC.CC.CCCC(CCC)Nc1cc(C)cc(F)c1.Cc1cccc(NC2CCC(C)CC2)c1F. The minimum Gasteiger partial charge on any atom is -0.382 e. The second-order valence-electron chi connectivity index (χ2n) is 9.47. The Morgan fingerprint density at radius 2 is 1.44 bits per heavy atom. The fourth-order valence-electron chi connectivity index (χ4n) is 4.42. The van der Waals surface area contributed by atoms with Crippen LogP contribution in [0.2, 0.25) is 0 Å². The monoisotopic (exact) mass is 504 g/mol. The molecule has 0 heterocycles. The number of hydrogen-bond acceptors (Lipinski definition) is 2. The first-order valence-electron chi connectivity index (χ1n) is 14.4. The zero-order chi connectivity index (χ0) is 27.5. The maximum Gasteiger partial charge on any atom is 0.149 e. The van der Waals surface area contributed by atoms with Crippen molar-refractivity contribution in [3.8, 4) is 0 Å². The predicted octanol–water partition coefficient (Wildman–Crippen LogP) is 10.7. The maximum absolute atomic E-state index is 13.8. The van der Waals surface area contributed by atoms with E-state index in [2.05, 4.69) is 31.4 Å². The van der Waals surface area contributed by atoms with E-state index in [1.165, 1.54) is 12.8 Å². The van der Waals surface area contributed by atoms with Crippen molar-refractivity contribution < 1.29 is 8.78 Å². The Balaban J connectivity index is 0.000000598. The van der Waals surface area contributed by atoms with Crippen LogP contribution < -0.4 is 10.6 Å². The summed E-state index contributed by atoms with van der Waals surface area (Å²) in [6.07, 6.45) is 9.43. The lowest BCUT2D eigenvalue weighted by Gasteiger charge is -2.28. The molecule has 0 atom stereocenters. The molecule has 1 aliphatic rings. The molecule has 1 saturated carbocycles. The van der Waals surface area contributed by atoms with Crippen molar-refractivity contribution in [1.82, 2.24) is 0 Å². The van der Waals surface area contributed by atoms with Crippen molar-refractivity contribution in [2.24, 2.45) is 5.92 Å². The molecular formula is C32H54F2N2. The minimum atomic E-state index is -0.158. The van der Waals surface area contributed by atoms with E-state index in [9.17, 15) is 8.78 Å². The molecule has 0 bridgehead atoms. The molecule has 2 nitrogen and oxygen atoms in total. The average molecular weight is 505 g/mol. The summed E-state index contributed by atoms with van der Waals surface area (Å²) in [5.41, 5.74) is 3.26. The zero-order valence-electron chi connectivity index (χ0n) is 24.6. The number of benzene rings is 2. The minimum absolute atomic E-state index is 0.0962. The molecule has 0 radical (unpaired) electrons. The number of rotatable bonds is 8. The summed E-state index contributed by atoms with van der Waals surface area (Å²) >= 11 is 0. The Bertz CT molecular complexity index is 788. The Morgan fingerprint density at radius 1 is 0.861 bits per heavy atom. The molecule has 1 fully saturated rings. The van der Waals surface area contributed by atoms with E-state index >= 15 is 0 Å². The van der Waals surface area contributed by atoms with Crippen LogP contribution in [0.5, 0.6) is 0 Å². The summed E-state index contributed by atoms with van der Waals surface area (Å²) in [6.45, 7) is 18.4. The van der Waals surface area contributed by atoms with Gasteiger partial charge in [-0.25, -0.2) is 8.78 Å². The van der Waals surface area contributed by atoms with Crippen molar-refractivity contribution in [3.63, 3.8) is 0 Å². The van der Waals surface area contributed by atoms with Gasteiger partial charge in [0.2, 0.25) is 0 Å². The second kappa shape index (κ2) is 20.0. The molecule has 36 heavy (non-hydrogen) atoms. The van der Waals surface area contributed by atoms with Gasteiger partial charge in [-0.15, -0.1) is 0 Å². The van der Waals surface area contributed by atoms with Crippen molar-refractivity contribution in [1.29, 1.82) is 0 Å². The summed E-state index contributed by atoms with van der Waals surface area (Å²) in [5, 5.41) is 6.76. The van der Waals surface area contributed by atoms with Gasteiger partial charge in [-0.3, -0.25) is 0 Å². The molecule has 0 aliphatic heterocycles. The summed E-state index contributed by atoms with van der Waals surface area (Å²) in [7, 11) is 0. The van der Waals surface area contributed by atoms with Crippen LogP contribution in [0.3, 0.4) is 0 Å². The molecule has 2 N–H and O–H groups in total. The van der Waals surface area contributed by atoms with Gasteiger partial charge >= 0.3 is 0 Å². The molecular weight excluding hydrogens is 450 g/mol. The predicted molar refractivity (Wildman–Crippen MR) is 157 cm³/mol. The molecule has 2 aromatic carbocycles. The lowest BCUT2D eigenvalue weighted by Crippen LogP contribution is -2.25. The third-order valence-corrected chi connectivity index (χ3v) is 6.25. The average Bonchev–Trinajstić information content (AvgIpc) is 2.86. The Labute approximate surface area is 221 Å². The van der Waals surface area contributed by atoms with Crippen molar-refractivity contribution in [2.45, 2.75) is 126 Å². The van der Waals surface area contributed by atoms with Crippen LogP contribution in [-0.2, 0) is 0 Å². The molecule has 0 amide bonds. The van der Waals surface area contributed by atoms with Gasteiger partial charge in [0.25, 0.3) is 0 Å². The highest BCUT2D eigenvalue weighted by atomic mass is 19.1. The van der Waals surface area contributed by atoms with E-state index in [4.69, 9.17) is 0 Å². The zero-order valence-corrected chi connectivity index (χ0v) is 24.6. The van der Waals surface area contributed by atoms with E-state index in [1.807, 2.05) is 65.8 Å². The normalized spacial score (nSPS) is 16.4. The summed E-state index contributed by atoms with van der Waals surface area (Å²) in [5.74, 6) is 0.579. The summed E-state index contributed by atoms with van der Waals surface area (Å²) in [4.78, 5) is 0. The van der Waals surface area contributed by atoms with Crippen LogP contribution in [0.15, 0.2) is 36.4 Å². The molecule has 3 rings (SSSR count). The highest BCUT2D eigenvalue weighted by molar-refractivity contribution is 5.48. The standard InChI is InChI=1S/C14H20FN.C14H22FN.2C2H6/c1-10-6-8-12(9-7-10)16-13-5-3-4-11(2)14(13)15;1-4-6-13(7-5-2)16-14-9-11(3)8-12(15)10-14;2*1-2/h3-5,10,12,16H,6-9H2,1-2H3;8-10,13,16H,4-7H2,1-3H3;2*1-2H3. The molecule has 0 aromatic heterocycles. The van der Waals surface area contributed by atoms with E-state index < -0.39 is 0 Å². The first-order valence-corrected chi connectivity index (χ1v) is 14.4. The lowest BCUT2D eigenvalue weighted by atomic mass is 9.87. The fourth-order valence-corrected chi connectivity index (χ4v) is 4.42. The number of nitrogens with one attached hydrogen (secondary N) is 2. The van der Waals surface area contributed by atoms with E-state index in [0.29, 0.717) is 23.3 Å². The topological polar surface area (TPSA) is 24.1 Å². The van der Waals surface area contributed by atoms with Crippen LogP contribution in [0.4, 0.5) is 20.2 Å². The van der Waals surface area contributed by atoms with Crippen LogP contribution in [0.25, 0.3) is 0 Å². The quantitative estimate of drug-likeness (QED) is 0.373. The second-order valence-corrected chi connectivity index (χ2v) is 9.47. The lowest BCUT2D eigenvalue weighted by molar-refractivity contribution is 0.360. The number of halogens is 2. The molecule has 0 unspecified atom stereocenters. The van der Waals surface area contributed by atoms with Gasteiger partial charge < -0.3 is 10.6 Å². The number of hydrogen-bond donors (Lipinski definition) is 2. The Morgan fingerprint density at radius 3 is 1.97 bits per heavy atom. The molecule has 1 aliphatic carbocycles. The number of aryl methyl sites for hydroxylation is 2. The molecule has 0 spiro atoms. The first kappa shape index (κ1) is 33.9. The smallest absolute Gasteiger partial charge is 0.149 e. The Hall–Kier alpha value is -2.10. The fraction of sp³-hybridized carbons (Fsp3) is 0.625.